The van der Waals surface area contributed by atoms with Crippen molar-refractivity contribution in [3.05, 3.63) is 0 Å². The first-order valence-corrected chi connectivity index (χ1v) is 8.32. The number of fused-ring (bicyclic) bond motifs is 2. The number of carbonyl (C=O) groups excluding carboxylic acids is 2. The summed E-state index contributed by atoms with van der Waals surface area (Å²) in [5, 5.41) is 0. The lowest BCUT2D eigenvalue weighted by Crippen LogP contribution is -2.55. The Balaban J connectivity index is 0.00000176. The molecule has 1 aliphatic heterocycles. The molecule has 3 aliphatic rings. The summed E-state index contributed by atoms with van der Waals surface area (Å²) in [7, 11) is 0. The van der Waals surface area contributed by atoms with Crippen LogP contribution in [0.4, 0.5) is 0 Å². The van der Waals surface area contributed by atoms with Crippen molar-refractivity contribution in [1.82, 2.24) is 9.80 Å². The second-order valence-corrected chi connectivity index (χ2v) is 7.24. The van der Waals surface area contributed by atoms with Gasteiger partial charge in [0.25, 0.3) is 0 Å². The first-order chi connectivity index (χ1) is 9.99. The van der Waals surface area contributed by atoms with E-state index in [1.807, 2.05) is 23.6 Å². The number of halogens is 1. The van der Waals surface area contributed by atoms with E-state index >= 15 is 0 Å². The van der Waals surface area contributed by atoms with Gasteiger partial charge in [-0.05, 0) is 31.1 Å². The molecule has 2 N–H and O–H groups in total. The molecule has 2 amide bonds. The number of nitrogens with two attached hydrogens (primary N) is 1. The predicted molar refractivity (Wildman–Crippen MR) is 87.5 cm³/mol. The molecule has 2 saturated carbocycles. The average Bonchev–Trinajstić information content (AvgIpc) is 3.07. The summed E-state index contributed by atoms with van der Waals surface area (Å²) in [5.74, 6) is 1.58. The molecule has 0 spiro atoms. The van der Waals surface area contributed by atoms with Crippen molar-refractivity contribution in [1.29, 1.82) is 0 Å². The van der Waals surface area contributed by atoms with E-state index in [1.54, 1.807) is 0 Å². The minimum atomic E-state index is 0. The van der Waals surface area contributed by atoms with E-state index in [9.17, 15) is 9.59 Å². The third-order valence-corrected chi connectivity index (χ3v) is 5.66. The van der Waals surface area contributed by atoms with Gasteiger partial charge >= 0.3 is 0 Å². The quantitative estimate of drug-likeness (QED) is 0.825. The summed E-state index contributed by atoms with van der Waals surface area (Å²) in [6.07, 6.45) is 3.51. The van der Waals surface area contributed by atoms with Gasteiger partial charge in [-0.15, -0.1) is 12.4 Å². The number of amides is 2. The molecular weight excluding hydrogens is 302 g/mol. The van der Waals surface area contributed by atoms with E-state index < -0.39 is 0 Å². The summed E-state index contributed by atoms with van der Waals surface area (Å²) in [6, 6.07) is 0.0616. The van der Waals surface area contributed by atoms with Crippen LogP contribution < -0.4 is 5.73 Å². The topological polar surface area (TPSA) is 66.6 Å². The molecule has 0 radical (unpaired) electrons. The summed E-state index contributed by atoms with van der Waals surface area (Å²) in [5.41, 5.74) is 6.27. The standard InChI is InChI=1S/C16H27N3O2.ClH/c1-10(2)15(20)18-5-7-19(8-6-18)16(21)13-11-3-4-12(9-11)14(13)17;/h10-14H,3-9,17H2,1-2H3;1H. The fraction of sp³-hybridized carbons (Fsp3) is 0.875. The zero-order valence-corrected chi connectivity index (χ0v) is 14.3. The fourth-order valence-corrected chi connectivity index (χ4v) is 4.43. The minimum absolute atomic E-state index is 0. The van der Waals surface area contributed by atoms with E-state index in [0.717, 1.165) is 6.42 Å². The highest BCUT2D eigenvalue weighted by atomic mass is 35.5. The minimum Gasteiger partial charge on any atom is -0.339 e. The van der Waals surface area contributed by atoms with Crippen LogP contribution in [0.1, 0.15) is 33.1 Å². The van der Waals surface area contributed by atoms with Crippen LogP contribution in [-0.4, -0.2) is 53.8 Å². The average molecular weight is 330 g/mol. The summed E-state index contributed by atoms with van der Waals surface area (Å²) in [4.78, 5) is 28.6. The Morgan fingerprint density at radius 3 is 2.05 bits per heavy atom. The molecule has 2 aliphatic carbocycles. The molecule has 2 bridgehead atoms. The largest absolute Gasteiger partial charge is 0.339 e. The van der Waals surface area contributed by atoms with Gasteiger partial charge in [0.05, 0.1) is 5.92 Å². The highest BCUT2D eigenvalue weighted by molar-refractivity contribution is 5.85. The number of piperazine rings is 1. The first kappa shape index (κ1) is 17.5. The molecular formula is C16H28ClN3O2. The van der Waals surface area contributed by atoms with E-state index in [-0.39, 0.29) is 42.1 Å². The highest BCUT2D eigenvalue weighted by Crippen LogP contribution is 2.48. The van der Waals surface area contributed by atoms with Gasteiger partial charge in [-0.1, -0.05) is 13.8 Å². The number of hydrogen-bond donors (Lipinski definition) is 1. The summed E-state index contributed by atoms with van der Waals surface area (Å²) < 4.78 is 0. The van der Waals surface area contributed by atoms with Crippen molar-refractivity contribution in [3.63, 3.8) is 0 Å². The number of carbonyl (C=O) groups is 2. The van der Waals surface area contributed by atoms with Crippen molar-refractivity contribution >= 4 is 24.2 Å². The lowest BCUT2D eigenvalue weighted by Gasteiger charge is -2.39. The van der Waals surface area contributed by atoms with Gasteiger partial charge in [-0.2, -0.15) is 0 Å². The molecule has 4 unspecified atom stereocenters. The van der Waals surface area contributed by atoms with E-state index in [2.05, 4.69) is 0 Å². The van der Waals surface area contributed by atoms with Crippen LogP contribution in [0.25, 0.3) is 0 Å². The summed E-state index contributed by atoms with van der Waals surface area (Å²) >= 11 is 0. The number of nitrogens with zero attached hydrogens (tertiary/aromatic N) is 2. The van der Waals surface area contributed by atoms with E-state index in [1.165, 1.54) is 12.8 Å². The Kier molecular flexibility index (Phi) is 5.38. The Morgan fingerprint density at radius 2 is 1.55 bits per heavy atom. The molecule has 1 saturated heterocycles. The van der Waals surface area contributed by atoms with Gasteiger partial charge in [0.1, 0.15) is 0 Å². The Labute approximate surface area is 139 Å². The molecule has 3 rings (SSSR count). The van der Waals surface area contributed by atoms with Gasteiger partial charge in [0, 0.05) is 38.1 Å². The van der Waals surface area contributed by atoms with Crippen molar-refractivity contribution < 1.29 is 9.59 Å². The molecule has 0 aromatic rings. The molecule has 6 heteroatoms. The second kappa shape index (κ2) is 6.75. The maximum Gasteiger partial charge on any atom is 0.227 e. The molecule has 126 valence electrons. The monoisotopic (exact) mass is 329 g/mol. The Morgan fingerprint density at radius 1 is 1.00 bits per heavy atom. The van der Waals surface area contributed by atoms with Gasteiger partial charge in [0.15, 0.2) is 0 Å². The van der Waals surface area contributed by atoms with E-state index in [0.29, 0.717) is 38.0 Å². The first-order valence-electron chi connectivity index (χ1n) is 8.32. The van der Waals surface area contributed by atoms with Crippen LogP contribution in [0.3, 0.4) is 0 Å². The third kappa shape index (κ3) is 2.98. The van der Waals surface area contributed by atoms with Gasteiger partial charge in [0.2, 0.25) is 11.8 Å². The van der Waals surface area contributed by atoms with Crippen LogP contribution in [-0.2, 0) is 9.59 Å². The second-order valence-electron chi connectivity index (χ2n) is 7.24. The van der Waals surface area contributed by atoms with Gasteiger partial charge < -0.3 is 15.5 Å². The van der Waals surface area contributed by atoms with Crippen LogP contribution in [0.15, 0.2) is 0 Å². The molecule has 1 heterocycles. The third-order valence-electron chi connectivity index (χ3n) is 5.66. The summed E-state index contributed by atoms with van der Waals surface area (Å²) in [6.45, 7) is 6.51. The molecule has 0 aromatic heterocycles. The maximum absolute atomic E-state index is 12.8. The molecule has 4 atom stereocenters. The Hall–Kier alpha value is -0.810. The zero-order chi connectivity index (χ0) is 15.1. The van der Waals surface area contributed by atoms with Crippen molar-refractivity contribution in [2.24, 2.45) is 29.4 Å². The van der Waals surface area contributed by atoms with Crippen LogP contribution >= 0.6 is 12.4 Å². The van der Waals surface area contributed by atoms with Crippen LogP contribution in [0.5, 0.6) is 0 Å². The number of hydrogen-bond acceptors (Lipinski definition) is 3. The van der Waals surface area contributed by atoms with Crippen molar-refractivity contribution in [2.45, 2.75) is 39.2 Å². The highest BCUT2D eigenvalue weighted by Gasteiger charge is 2.50. The number of rotatable bonds is 2. The van der Waals surface area contributed by atoms with Gasteiger partial charge in [-0.3, -0.25) is 9.59 Å². The molecule has 22 heavy (non-hydrogen) atoms. The smallest absolute Gasteiger partial charge is 0.227 e. The predicted octanol–water partition coefficient (Wildman–Crippen LogP) is 1.11. The van der Waals surface area contributed by atoms with Gasteiger partial charge in [-0.25, -0.2) is 0 Å². The Bertz CT molecular complexity index is 433. The molecule has 3 fully saturated rings. The van der Waals surface area contributed by atoms with E-state index in [4.69, 9.17) is 5.73 Å². The lowest BCUT2D eigenvalue weighted by molar-refractivity contribution is -0.144. The molecule has 5 nitrogen and oxygen atoms in total. The maximum atomic E-state index is 12.8. The SMILES string of the molecule is CC(C)C(=O)N1CCN(C(=O)C2C3CCC(C3)C2N)CC1.Cl. The molecule has 0 aromatic carbocycles. The van der Waals surface area contributed by atoms with Crippen LogP contribution in [0, 0.1) is 23.7 Å². The van der Waals surface area contributed by atoms with Crippen molar-refractivity contribution in [3.8, 4) is 0 Å². The van der Waals surface area contributed by atoms with Crippen LogP contribution in [0.2, 0.25) is 0 Å². The zero-order valence-electron chi connectivity index (χ0n) is 13.5. The van der Waals surface area contributed by atoms with Crippen molar-refractivity contribution in [2.75, 3.05) is 26.2 Å². The fourth-order valence-electron chi connectivity index (χ4n) is 4.43. The lowest BCUT2D eigenvalue weighted by atomic mass is 9.84. The normalized spacial score (nSPS) is 34.0.